The quantitative estimate of drug-likeness (QED) is 0.447. The lowest BCUT2D eigenvalue weighted by Crippen LogP contribution is -2.25. The van der Waals surface area contributed by atoms with Crippen LogP contribution in [0.4, 0.5) is 10.1 Å². The van der Waals surface area contributed by atoms with Gasteiger partial charge >= 0.3 is 0 Å². The van der Waals surface area contributed by atoms with Crippen LogP contribution in [0.3, 0.4) is 0 Å². The van der Waals surface area contributed by atoms with Gasteiger partial charge in [-0.05, 0) is 84.6 Å². The first-order valence-electron chi connectivity index (χ1n) is 12.2. The molecule has 7 nitrogen and oxygen atoms in total. The first-order chi connectivity index (χ1) is 18.3. The van der Waals surface area contributed by atoms with E-state index in [1.54, 1.807) is 24.3 Å². The second-order valence-corrected chi connectivity index (χ2v) is 10.5. The molecule has 0 radical (unpaired) electrons. The third kappa shape index (κ3) is 5.47. The van der Waals surface area contributed by atoms with E-state index in [1.807, 2.05) is 56.3 Å². The standard InChI is InChI=1S/C29H27FN4O3S/c1-17-4-11-22(14-18(17)2)31-27(35)16-26-28(36)32-29(38-26)34-25(20-5-9-21(30)10-6-20)15-24(33-34)19-7-12-23(37-3)13-8-19/h4-14,25-26H,15-16H2,1-3H3,(H,31,35)/t25-,26-/m0/s1. The summed E-state index contributed by atoms with van der Waals surface area (Å²) in [7, 11) is 1.61. The van der Waals surface area contributed by atoms with Crippen molar-refractivity contribution in [2.45, 2.75) is 38.0 Å². The first kappa shape index (κ1) is 25.7. The first-order valence-corrected chi connectivity index (χ1v) is 13.1. The number of hydrogen-bond donors (Lipinski definition) is 1. The Morgan fingerprint density at radius 3 is 2.50 bits per heavy atom. The summed E-state index contributed by atoms with van der Waals surface area (Å²) in [6.07, 6.45) is 0.539. The van der Waals surface area contributed by atoms with Gasteiger partial charge in [0.1, 0.15) is 16.8 Å². The van der Waals surface area contributed by atoms with E-state index in [0.29, 0.717) is 17.3 Å². The maximum absolute atomic E-state index is 13.6. The van der Waals surface area contributed by atoms with Gasteiger partial charge in [0.2, 0.25) is 5.91 Å². The van der Waals surface area contributed by atoms with Crippen molar-refractivity contribution in [2.75, 3.05) is 12.4 Å². The van der Waals surface area contributed by atoms with Crippen molar-refractivity contribution >= 4 is 40.1 Å². The molecule has 2 amide bonds. The maximum atomic E-state index is 13.6. The van der Waals surface area contributed by atoms with Gasteiger partial charge < -0.3 is 10.1 Å². The second-order valence-electron chi connectivity index (χ2n) is 9.28. The number of halogens is 1. The Hall–Kier alpha value is -3.98. The fraction of sp³-hybridized carbons (Fsp3) is 0.241. The van der Waals surface area contributed by atoms with Gasteiger partial charge in [-0.15, -0.1) is 0 Å². The summed E-state index contributed by atoms with van der Waals surface area (Å²) in [6, 6.07) is 19.3. The van der Waals surface area contributed by atoms with Gasteiger partial charge in [0, 0.05) is 18.5 Å². The molecule has 0 unspecified atom stereocenters. The van der Waals surface area contributed by atoms with Crippen molar-refractivity contribution in [1.29, 1.82) is 0 Å². The van der Waals surface area contributed by atoms with Gasteiger partial charge in [0.15, 0.2) is 5.17 Å². The van der Waals surface area contributed by atoms with Crippen LogP contribution in [0, 0.1) is 19.7 Å². The van der Waals surface area contributed by atoms with Gasteiger partial charge in [-0.25, -0.2) is 9.40 Å². The number of ether oxygens (including phenoxy) is 1. The van der Waals surface area contributed by atoms with E-state index < -0.39 is 5.25 Å². The number of benzene rings is 3. The van der Waals surface area contributed by atoms with E-state index in [4.69, 9.17) is 9.84 Å². The van der Waals surface area contributed by atoms with Crippen molar-refractivity contribution in [2.24, 2.45) is 10.1 Å². The minimum atomic E-state index is -0.648. The number of aryl methyl sites for hydroxylation is 2. The lowest BCUT2D eigenvalue weighted by atomic mass is 9.98. The van der Waals surface area contributed by atoms with Crippen LogP contribution in [0.25, 0.3) is 0 Å². The number of thioether (sulfide) groups is 1. The molecule has 1 N–H and O–H groups in total. The molecule has 0 fully saturated rings. The SMILES string of the molecule is COc1ccc(C2=NN(C3=NC(=O)[C@H](CC(=O)Nc4ccc(C)c(C)c4)S3)[C@H](c3ccc(F)cc3)C2)cc1. The van der Waals surface area contributed by atoms with E-state index in [0.717, 1.165) is 33.7 Å². The number of nitrogens with zero attached hydrogens (tertiary/aromatic N) is 3. The Bertz CT molecular complexity index is 1440. The molecule has 0 aromatic heterocycles. The van der Waals surface area contributed by atoms with Crippen molar-refractivity contribution < 1.29 is 18.7 Å². The lowest BCUT2D eigenvalue weighted by molar-refractivity contribution is -0.121. The zero-order valence-corrected chi connectivity index (χ0v) is 22.1. The molecule has 0 bridgehead atoms. The highest BCUT2D eigenvalue weighted by Gasteiger charge is 2.39. The fourth-order valence-corrected chi connectivity index (χ4v) is 5.45. The van der Waals surface area contributed by atoms with Gasteiger partial charge in [-0.2, -0.15) is 10.1 Å². The largest absolute Gasteiger partial charge is 0.497 e. The van der Waals surface area contributed by atoms with Crippen molar-refractivity contribution in [3.8, 4) is 5.75 Å². The summed E-state index contributed by atoms with van der Waals surface area (Å²) in [4.78, 5) is 29.8. The molecule has 2 aliphatic heterocycles. The van der Waals surface area contributed by atoms with Crippen molar-refractivity contribution in [3.63, 3.8) is 0 Å². The molecule has 0 aliphatic carbocycles. The van der Waals surface area contributed by atoms with Crippen LogP contribution in [0.5, 0.6) is 5.75 Å². The Morgan fingerprint density at radius 1 is 1.08 bits per heavy atom. The van der Waals surface area contributed by atoms with Gasteiger partial charge in [0.05, 0.1) is 18.9 Å². The number of nitrogens with one attached hydrogen (secondary N) is 1. The Morgan fingerprint density at radius 2 is 1.82 bits per heavy atom. The number of carbonyl (C=O) groups excluding carboxylic acids is 2. The number of hydrazone groups is 1. The molecule has 3 aromatic carbocycles. The van der Waals surface area contributed by atoms with Crippen LogP contribution >= 0.6 is 11.8 Å². The average molecular weight is 531 g/mol. The molecule has 3 aromatic rings. The summed E-state index contributed by atoms with van der Waals surface area (Å²) in [5.41, 5.74) is 5.49. The van der Waals surface area contributed by atoms with Gasteiger partial charge in [-0.3, -0.25) is 9.59 Å². The smallest absolute Gasteiger partial charge is 0.262 e. The number of amidine groups is 1. The molecule has 0 spiro atoms. The highest BCUT2D eigenvalue weighted by atomic mass is 32.2. The topological polar surface area (TPSA) is 83.4 Å². The Kier molecular flexibility index (Phi) is 7.28. The number of anilines is 1. The number of amides is 2. The number of methoxy groups -OCH3 is 1. The van der Waals surface area contributed by atoms with Crippen LogP contribution in [0.1, 0.15) is 41.1 Å². The molecule has 9 heteroatoms. The Labute approximate surface area is 224 Å². The second kappa shape index (κ2) is 10.8. The zero-order chi connectivity index (χ0) is 26.8. The summed E-state index contributed by atoms with van der Waals surface area (Å²) in [5, 5.41) is 9.20. The highest BCUT2D eigenvalue weighted by Crippen LogP contribution is 2.39. The number of aliphatic imine (C=N–C) groups is 1. The van der Waals surface area contributed by atoms with Crippen molar-refractivity contribution in [1.82, 2.24) is 5.01 Å². The lowest BCUT2D eigenvalue weighted by Gasteiger charge is -2.23. The molecule has 2 atom stereocenters. The number of rotatable bonds is 6. The van der Waals surface area contributed by atoms with E-state index in [9.17, 15) is 14.0 Å². The predicted octanol–water partition coefficient (Wildman–Crippen LogP) is 5.63. The van der Waals surface area contributed by atoms with E-state index in [2.05, 4.69) is 10.3 Å². The molecule has 0 saturated heterocycles. The van der Waals surface area contributed by atoms with Crippen LogP contribution in [-0.2, 0) is 9.59 Å². The molecular weight excluding hydrogens is 503 g/mol. The third-order valence-corrected chi connectivity index (χ3v) is 7.82. The number of hydrogen-bond acceptors (Lipinski definition) is 6. The average Bonchev–Trinajstić information content (AvgIpc) is 3.51. The summed E-state index contributed by atoms with van der Waals surface area (Å²) >= 11 is 1.23. The zero-order valence-electron chi connectivity index (χ0n) is 21.3. The van der Waals surface area contributed by atoms with Gasteiger partial charge in [-0.1, -0.05) is 30.0 Å². The number of carbonyl (C=O) groups is 2. The normalized spacial score (nSPS) is 18.8. The molecule has 5 rings (SSSR count). The summed E-state index contributed by atoms with van der Waals surface area (Å²) < 4.78 is 18.9. The van der Waals surface area contributed by atoms with Crippen LogP contribution in [0.15, 0.2) is 76.8 Å². The van der Waals surface area contributed by atoms with E-state index >= 15 is 0 Å². The molecule has 0 saturated carbocycles. The highest BCUT2D eigenvalue weighted by molar-refractivity contribution is 8.15. The molecular formula is C29H27FN4O3S. The summed E-state index contributed by atoms with van der Waals surface area (Å²) in [6.45, 7) is 3.99. The maximum Gasteiger partial charge on any atom is 0.262 e. The fourth-order valence-electron chi connectivity index (χ4n) is 4.39. The van der Waals surface area contributed by atoms with E-state index in [1.165, 1.54) is 23.9 Å². The van der Waals surface area contributed by atoms with Crippen LogP contribution < -0.4 is 10.1 Å². The van der Waals surface area contributed by atoms with Crippen molar-refractivity contribution in [3.05, 3.63) is 94.8 Å². The van der Waals surface area contributed by atoms with Crippen LogP contribution in [0.2, 0.25) is 0 Å². The minimum Gasteiger partial charge on any atom is -0.497 e. The predicted molar refractivity (Wildman–Crippen MR) is 148 cm³/mol. The van der Waals surface area contributed by atoms with E-state index in [-0.39, 0.29) is 30.1 Å². The molecule has 194 valence electrons. The monoisotopic (exact) mass is 530 g/mol. The minimum absolute atomic E-state index is 0.00642. The molecule has 38 heavy (non-hydrogen) atoms. The summed E-state index contributed by atoms with van der Waals surface area (Å²) in [5.74, 6) is -0.213. The molecule has 2 aliphatic rings. The molecule has 2 heterocycles. The third-order valence-electron chi connectivity index (χ3n) is 6.67. The van der Waals surface area contributed by atoms with Crippen LogP contribution in [-0.4, -0.2) is 40.1 Å². The van der Waals surface area contributed by atoms with Gasteiger partial charge in [0.25, 0.3) is 5.91 Å². The Balaban J connectivity index is 1.34.